The number of nitrogens with one attached hydrogen (secondary N) is 1. The van der Waals surface area contributed by atoms with Crippen LogP contribution in [0.1, 0.15) is 40.2 Å². The highest BCUT2D eigenvalue weighted by atomic mass is 32.2. The zero-order chi connectivity index (χ0) is 22.9. The maximum atomic E-state index is 12.6. The van der Waals surface area contributed by atoms with Crippen LogP contribution >= 0.6 is 0 Å². The Morgan fingerprint density at radius 2 is 1.63 bits per heavy atom. The lowest BCUT2D eigenvalue weighted by atomic mass is 10.2. The van der Waals surface area contributed by atoms with Crippen molar-refractivity contribution < 1.29 is 13.2 Å². The number of amides is 1. The summed E-state index contributed by atoms with van der Waals surface area (Å²) in [5.41, 5.74) is 0.889. The summed E-state index contributed by atoms with van der Waals surface area (Å²) in [6.07, 6.45) is 0. The van der Waals surface area contributed by atoms with E-state index in [1.54, 1.807) is 41.1 Å². The van der Waals surface area contributed by atoms with Crippen molar-refractivity contribution >= 4 is 21.9 Å². The zero-order valence-corrected chi connectivity index (χ0v) is 20.2. The second kappa shape index (κ2) is 11.9. The summed E-state index contributed by atoms with van der Waals surface area (Å²) in [5, 5.41) is 3.20. The lowest BCUT2D eigenvalue weighted by Gasteiger charge is -2.25. The molecule has 0 saturated heterocycles. The van der Waals surface area contributed by atoms with Crippen LogP contribution in [0.5, 0.6) is 0 Å². The predicted molar refractivity (Wildman–Crippen MR) is 122 cm³/mol. The zero-order valence-electron chi connectivity index (χ0n) is 19.3. The molecular weight excluding hydrogens is 402 g/mol. The molecule has 30 heavy (non-hydrogen) atoms. The van der Waals surface area contributed by atoms with Crippen LogP contribution in [0.4, 0.5) is 0 Å². The molecule has 0 atom stereocenters. The van der Waals surface area contributed by atoms with E-state index < -0.39 is 10.0 Å². The molecule has 1 amide bonds. The summed E-state index contributed by atoms with van der Waals surface area (Å²) in [7, 11) is -0.0871. The molecule has 8 nitrogen and oxygen atoms in total. The van der Waals surface area contributed by atoms with Gasteiger partial charge in [0.1, 0.15) is 0 Å². The lowest BCUT2D eigenvalue weighted by Crippen LogP contribution is -2.45. The van der Waals surface area contributed by atoms with E-state index in [0.29, 0.717) is 32.1 Å². The highest BCUT2D eigenvalue weighted by Crippen LogP contribution is 2.17. The average Bonchev–Trinajstić information content (AvgIpc) is 2.71. The number of nitrogens with zero attached hydrogens (tertiary/aromatic N) is 4. The third-order valence-corrected chi connectivity index (χ3v) is 6.97. The number of hydrogen-bond donors (Lipinski definition) is 1. The minimum atomic E-state index is -3.50. The van der Waals surface area contributed by atoms with Crippen molar-refractivity contribution in [1.29, 1.82) is 0 Å². The van der Waals surface area contributed by atoms with E-state index in [-0.39, 0.29) is 23.4 Å². The highest BCUT2D eigenvalue weighted by molar-refractivity contribution is 7.89. The average molecular weight is 440 g/mol. The van der Waals surface area contributed by atoms with Gasteiger partial charge in [0.15, 0.2) is 5.96 Å². The van der Waals surface area contributed by atoms with Crippen LogP contribution < -0.4 is 5.32 Å². The Labute approximate surface area is 182 Å². The van der Waals surface area contributed by atoms with Gasteiger partial charge in [0.05, 0.1) is 18.0 Å². The Hall–Kier alpha value is -2.13. The van der Waals surface area contributed by atoms with E-state index in [1.165, 1.54) is 4.31 Å². The van der Waals surface area contributed by atoms with Gasteiger partial charge >= 0.3 is 0 Å². The van der Waals surface area contributed by atoms with Gasteiger partial charge < -0.3 is 15.1 Å². The molecule has 0 unspecified atom stereocenters. The standard InChI is InChI=1S/C21H37N5O3S/c1-8-22-21(24(6)16-20(27)26(9-2)10-3)23-15-18-11-13-19(14-12-18)30(28,29)25(7)17(4)5/h11-14,17H,8-10,15-16H2,1-7H3,(H,22,23). The molecule has 0 aromatic heterocycles. The van der Waals surface area contributed by atoms with Crippen LogP contribution in [0.2, 0.25) is 0 Å². The number of likely N-dealkylation sites (N-methyl/N-ethyl adjacent to an activating group) is 2. The van der Waals surface area contributed by atoms with Gasteiger partial charge in [-0.3, -0.25) is 4.79 Å². The first kappa shape index (κ1) is 25.9. The van der Waals surface area contributed by atoms with Gasteiger partial charge in [0.2, 0.25) is 15.9 Å². The number of aliphatic imine (C=N–C) groups is 1. The van der Waals surface area contributed by atoms with Gasteiger partial charge in [-0.25, -0.2) is 13.4 Å². The summed E-state index contributed by atoms with van der Waals surface area (Å²) in [5.74, 6) is 0.686. The molecule has 170 valence electrons. The number of rotatable bonds is 10. The van der Waals surface area contributed by atoms with Crippen LogP contribution in [0.25, 0.3) is 0 Å². The number of hydrogen-bond acceptors (Lipinski definition) is 4. The number of guanidine groups is 1. The SMILES string of the molecule is CCNC(=NCc1ccc(S(=O)(=O)N(C)C(C)C)cc1)N(C)CC(=O)N(CC)CC. The van der Waals surface area contributed by atoms with Crippen molar-refractivity contribution in [3.8, 4) is 0 Å². The first-order valence-electron chi connectivity index (χ1n) is 10.4. The molecular formula is C21H37N5O3S. The maximum Gasteiger partial charge on any atom is 0.243 e. The predicted octanol–water partition coefficient (Wildman–Crippen LogP) is 1.98. The molecule has 0 heterocycles. The van der Waals surface area contributed by atoms with Crippen molar-refractivity contribution in [2.24, 2.45) is 4.99 Å². The number of carbonyl (C=O) groups is 1. The largest absolute Gasteiger partial charge is 0.357 e. The normalized spacial score (nSPS) is 12.4. The van der Waals surface area contributed by atoms with Crippen molar-refractivity contribution in [1.82, 2.24) is 19.4 Å². The van der Waals surface area contributed by atoms with E-state index in [9.17, 15) is 13.2 Å². The van der Waals surface area contributed by atoms with Crippen molar-refractivity contribution in [3.05, 3.63) is 29.8 Å². The number of sulfonamides is 1. The van der Waals surface area contributed by atoms with Crippen LogP contribution in [0.3, 0.4) is 0 Å². The van der Waals surface area contributed by atoms with Gasteiger partial charge in [-0.15, -0.1) is 0 Å². The molecule has 0 aliphatic rings. The summed E-state index contributed by atoms with van der Waals surface area (Å²) in [6, 6.07) is 6.65. The van der Waals surface area contributed by atoms with Crippen LogP contribution in [-0.4, -0.2) is 80.7 Å². The van der Waals surface area contributed by atoms with Crippen molar-refractivity contribution in [2.45, 2.75) is 52.1 Å². The fraction of sp³-hybridized carbons (Fsp3) is 0.619. The molecule has 1 aromatic carbocycles. The Morgan fingerprint density at radius 1 is 1.07 bits per heavy atom. The van der Waals surface area contributed by atoms with Gasteiger partial charge in [-0.05, 0) is 52.3 Å². The quantitative estimate of drug-likeness (QED) is 0.445. The Kier molecular flexibility index (Phi) is 10.3. The Balaban J connectivity index is 2.92. The first-order chi connectivity index (χ1) is 14.1. The summed E-state index contributed by atoms with van der Waals surface area (Å²) in [6.45, 7) is 12.2. The van der Waals surface area contributed by atoms with E-state index in [2.05, 4.69) is 10.3 Å². The molecule has 0 aliphatic heterocycles. The Morgan fingerprint density at radius 3 is 2.10 bits per heavy atom. The second-order valence-electron chi connectivity index (χ2n) is 7.35. The van der Waals surface area contributed by atoms with Gasteiger partial charge in [-0.1, -0.05) is 12.1 Å². The van der Waals surface area contributed by atoms with Crippen LogP contribution in [-0.2, 0) is 21.4 Å². The molecule has 0 spiro atoms. The maximum absolute atomic E-state index is 12.6. The highest BCUT2D eigenvalue weighted by Gasteiger charge is 2.22. The van der Waals surface area contributed by atoms with Crippen molar-refractivity contribution in [3.63, 3.8) is 0 Å². The summed E-state index contributed by atoms with van der Waals surface area (Å²) >= 11 is 0. The molecule has 0 saturated carbocycles. The van der Waals surface area contributed by atoms with Gasteiger partial charge in [0.25, 0.3) is 0 Å². The molecule has 9 heteroatoms. The first-order valence-corrected chi connectivity index (χ1v) is 11.9. The lowest BCUT2D eigenvalue weighted by molar-refractivity contribution is -0.131. The number of benzene rings is 1. The molecule has 0 radical (unpaired) electrons. The summed E-state index contributed by atoms with van der Waals surface area (Å²) < 4.78 is 26.5. The van der Waals surface area contributed by atoms with Crippen LogP contribution in [0, 0.1) is 0 Å². The molecule has 0 aliphatic carbocycles. The minimum absolute atomic E-state index is 0.0527. The number of carbonyl (C=O) groups excluding carboxylic acids is 1. The van der Waals surface area contributed by atoms with Gasteiger partial charge in [-0.2, -0.15) is 4.31 Å². The van der Waals surface area contributed by atoms with Gasteiger partial charge in [0, 0.05) is 39.8 Å². The minimum Gasteiger partial charge on any atom is -0.357 e. The van der Waals surface area contributed by atoms with E-state index in [4.69, 9.17) is 0 Å². The third kappa shape index (κ3) is 6.98. The third-order valence-electron chi connectivity index (χ3n) is 4.92. The van der Waals surface area contributed by atoms with Crippen molar-refractivity contribution in [2.75, 3.05) is 40.3 Å². The second-order valence-corrected chi connectivity index (χ2v) is 9.35. The fourth-order valence-electron chi connectivity index (χ4n) is 2.80. The smallest absolute Gasteiger partial charge is 0.243 e. The molecule has 1 aromatic rings. The molecule has 0 bridgehead atoms. The fourth-order valence-corrected chi connectivity index (χ4v) is 4.17. The molecule has 0 fully saturated rings. The molecule has 1 N–H and O–H groups in total. The summed E-state index contributed by atoms with van der Waals surface area (Å²) in [4.78, 5) is 20.8. The topological polar surface area (TPSA) is 85.3 Å². The van der Waals surface area contributed by atoms with Crippen LogP contribution in [0.15, 0.2) is 34.2 Å². The molecule has 1 rings (SSSR count). The van der Waals surface area contributed by atoms with E-state index >= 15 is 0 Å². The Bertz CT molecular complexity index is 802. The van der Waals surface area contributed by atoms with E-state index in [1.807, 2.05) is 41.7 Å². The van der Waals surface area contributed by atoms with E-state index in [0.717, 1.165) is 5.56 Å². The monoisotopic (exact) mass is 439 g/mol.